The van der Waals surface area contributed by atoms with Gasteiger partial charge in [-0.05, 0) is 41.8 Å². The van der Waals surface area contributed by atoms with E-state index in [1.165, 1.54) is 16.7 Å². The Labute approximate surface area is 163 Å². The average Bonchev–Trinajstić information content (AvgIpc) is 3.01. The number of benzene rings is 2. The van der Waals surface area contributed by atoms with Crippen LogP contribution in [-0.4, -0.2) is 4.57 Å². The third-order valence-electron chi connectivity index (χ3n) is 4.12. The van der Waals surface area contributed by atoms with Crippen molar-refractivity contribution in [3.8, 4) is 17.8 Å². The van der Waals surface area contributed by atoms with Gasteiger partial charge in [0, 0.05) is 0 Å². The third-order valence-corrected chi connectivity index (χ3v) is 5.21. The second-order valence-corrected chi connectivity index (χ2v) is 6.84. The maximum Gasteiger partial charge on any atom is 0.273 e. The SMILES string of the molecule is CCc1ccccc1-n1c(=C(C#N)C#N)s/c(=C/c2ccc(F)c(F)c2)c1=O. The number of rotatable bonds is 3. The Balaban J connectivity index is 2.41. The molecule has 0 saturated heterocycles. The van der Waals surface area contributed by atoms with E-state index in [-0.39, 0.29) is 14.8 Å². The smallest absolute Gasteiger partial charge is 0.267 e. The van der Waals surface area contributed by atoms with Gasteiger partial charge in [-0.15, -0.1) is 11.3 Å². The molecule has 0 unspecified atom stereocenters. The second-order valence-electron chi connectivity index (χ2n) is 5.81. The lowest BCUT2D eigenvalue weighted by Gasteiger charge is -2.08. The number of hydrogen-bond donors (Lipinski definition) is 0. The van der Waals surface area contributed by atoms with Crippen LogP contribution in [0.5, 0.6) is 0 Å². The topological polar surface area (TPSA) is 69.6 Å². The fourth-order valence-corrected chi connectivity index (χ4v) is 3.82. The van der Waals surface area contributed by atoms with Crippen LogP contribution in [0.4, 0.5) is 8.78 Å². The van der Waals surface area contributed by atoms with Crippen molar-refractivity contribution in [1.82, 2.24) is 4.57 Å². The van der Waals surface area contributed by atoms with Crippen molar-refractivity contribution in [3.05, 3.63) is 84.8 Å². The molecule has 1 aromatic heterocycles. The van der Waals surface area contributed by atoms with E-state index in [1.54, 1.807) is 12.1 Å². The highest BCUT2D eigenvalue weighted by Crippen LogP contribution is 2.13. The van der Waals surface area contributed by atoms with E-state index in [4.69, 9.17) is 0 Å². The first kappa shape index (κ1) is 19.2. The first-order chi connectivity index (χ1) is 13.5. The molecule has 4 nitrogen and oxygen atoms in total. The molecular formula is C21H13F2N3OS. The van der Waals surface area contributed by atoms with Gasteiger partial charge in [-0.25, -0.2) is 8.78 Å². The minimum absolute atomic E-state index is 0.196. The highest BCUT2D eigenvalue weighted by Gasteiger charge is 2.13. The summed E-state index contributed by atoms with van der Waals surface area (Å²) in [4.78, 5) is 13.1. The molecule has 2 aromatic carbocycles. The van der Waals surface area contributed by atoms with E-state index < -0.39 is 17.2 Å². The Morgan fingerprint density at radius 2 is 1.86 bits per heavy atom. The van der Waals surface area contributed by atoms with Gasteiger partial charge in [0.05, 0.1) is 10.2 Å². The van der Waals surface area contributed by atoms with Crippen molar-refractivity contribution in [3.63, 3.8) is 0 Å². The van der Waals surface area contributed by atoms with Gasteiger partial charge < -0.3 is 0 Å². The van der Waals surface area contributed by atoms with Gasteiger partial charge in [0.2, 0.25) is 0 Å². The first-order valence-electron chi connectivity index (χ1n) is 8.31. The van der Waals surface area contributed by atoms with E-state index in [1.807, 2.05) is 31.2 Å². The van der Waals surface area contributed by atoms with Gasteiger partial charge in [0.15, 0.2) is 17.2 Å². The lowest BCUT2D eigenvalue weighted by atomic mass is 10.1. The summed E-state index contributed by atoms with van der Waals surface area (Å²) >= 11 is 0.959. The molecule has 0 aliphatic rings. The number of thiazole rings is 1. The molecule has 0 N–H and O–H groups in total. The van der Waals surface area contributed by atoms with Crippen LogP contribution in [0.2, 0.25) is 0 Å². The molecule has 3 rings (SSSR count). The number of nitrogens with zero attached hydrogens (tertiary/aromatic N) is 3. The number of aromatic nitrogens is 1. The summed E-state index contributed by atoms with van der Waals surface area (Å²) in [6.45, 7) is 1.93. The number of para-hydroxylation sites is 1. The van der Waals surface area contributed by atoms with E-state index >= 15 is 0 Å². The van der Waals surface area contributed by atoms with Crippen LogP contribution in [0, 0.1) is 34.3 Å². The van der Waals surface area contributed by atoms with Crippen molar-refractivity contribution in [2.75, 3.05) is 0 Å². The number of hydrogen-bond acceptors (Lipinski definition) is 4. The minimum atomic E-state index is -1.02. The monoisotopic (exact) mass is 393 g/mol. The molecular weight excluding hydrogens is 380 g/mol. The fourth-order valence-electron chi connectivity index (χ4n) is 2.77. The summed E-state index contributed by atoms with van der Waals surface area (Å²) in [6.07, 6.45) is 2.06. The zero-order valence-corrected chi connectivity index (χ0v) is 15.6. The van der Waals surface area contributed by atoms with E-state index in [2.05, 4.69) is 0 Å². The molecule has 138 valence electrons. The molecule has 0 aliphatic heterocycles. The molecule has 0 aliphatic carbocycles. The summed E-state index contributed by atoms with van der Waals surface area (Å²) in [5.74, 6) is -2.01. The predicted molar refractivity (Wildman–Crippen MR) is 103 cm³/mol. The summed E-state index contributed by atoms with van der Waals surface area (Å²) in [7, 11) is 0. The van der Waals surface area contributed by atoms with Crippen molar-refractivity contribution in [2.45, 2.75) is 13.3 Å². The van der Waals surface area contributed by atoms with Gasteiger partial charge in [0.25, 0.3) is 5.56 Å². The third kappa shape index (κ3) is 3.48. The molecule has 0 spiro atoms. The average molecular weight is 393 g/mol. The van der Waals surface area contributed by atoms with Crippen LogP contribution in [0.1, 0.15) is 18.1 Å². The molecule has 28 heavy (non-hydrogen) atoms. The highest BCUT2D eigenvalue weighted by molar-refractivity contribution is 7.07. The Hall–Kier alpha value is -3.55. The fraction of sp³-hybridized carbons (Fsp3) is 0.0952. The Morgan fingerprint density at radius 1 is 1.14 bits per heavy atom. The van der Waals surface area contributed by atoms with Crippen LogP contribution in [0.15, 0.2) is 47.3 Å². The normalized spacial score (nSPS) is 11.1. The molecule has 0 atom stereocenters. The molecule has 1 heterocycles. The van der Waals surface area contributed by atoms with Crippen LogP contribution < -0.4 is 14.8 Å². The molecule has 0 fully saturated rings. The number of nitriles is 2. The van der Waals surface area contributed by atoms with Crippen LogP contribution in [-0.2, 0) is 6.42 Å². The van der Waals surface area contributed by atoms with Crippen LogP contribution in [0.25, 0.3) is 17.3 Å². The number of halogens is 2. The Kier molecular flexibility index (Phi) is 5.49. The minimum Gasteiger partial charge on any atom is -0.267 e. The summed E-state index contributed by atoms with van der Waals surface area (Å²) in [5.41, 5.74) is 1.12. The lowest BCUT2D eigenvalue weighted by molar-refractivity contribution is 0.508. The molecule has 0 bridgehead atoms. The summed E-state index contributed by atoms with van der Waals surface area (Å²) in [5, 5.41) is 18.6. The Bertz CT molecular complexity index is 1310. The van der Waals surface area contributed by atoms with Gasteiger partial charge in [-0.3, -0.25) is 9.36 Å². The highest BCUT2D eigenvalue weighted by atomic mass is 32.1. The van der Waals surface area contributed by atoms with Crippen molar-refractivity contribution in [1.29, 1.82) is 10.5 Å². The van der Waals surface area contributed by atoms with Crippen molar-refractivity contribution in [2.24, 2.45) is 0 Å². The van der Waals surface area contributed by atoms with Gasteiger partial charge in [0.1, 0.15) is 16.8 Å². The van der Waals surface area contributed by atoms with E-state index in [0.717, 1.165) is 29.0 Å². The maximum absolute atomic E-state index is 13.5. The van der Waals surface area contributed by atoms with Crippen molar-refractivity contribution < 1.29 is 8.78 Å². The maximum atomic E-state index is 13.5. The van der Waals surface area contributed by atoms with Gasteiger partial charge in [-0.2, -0.15) is 10.5 Å². The van der Waals surface area contributed by atoms with Crippen LogP contribution in [0.3, 0.4) is 0 Å². The van der Waals surface area contributed by atoms with E-state index in [0.29, 0.717) is 17.7 Å². The lowest BCUT2D eigenvalue weighted by Crippen LogP contribution is -2.31. The molecule has 0 amide bonds. The zero-order chi connectivity index (χ0) is 20.3. The van der Waals surface area contributed by atoms with Crippen molar-refractivity contribution >= 4 is 23.0 Å². The summed E-state index contributed by atoms with van der Waals surface area (Å²) < 4.78 is 28.4. The molecule has 0 saturated carbocycles. The second kappa shape index (κ2) is 7.99. The molecule has 3 aromatic rings. The number of aryl methyl sites for hydroxylation is 1. The molecule has 0 radical (unpaired) electrons. The standard InChI is InChI=1S/C21H13F2N3OS/c1-2-14-5-3-4-6-18(14)26-20(27)19(28-21(26)15(11-24)12-25)10-13-7-8-16(22)17(23)9-13/h3-10H,2H2,1H3/b19-10+. The van der Waals surface area contributed by atoms with Gasteiger partial charge in [-0.1, -0.05) is 31.2 Å². The first-order valence-corrected chi connectivity index (χ1v) is 9.13. The predicted octanol–water partition coefficient (Wildman–Crippen LogP) is 2.77. The Morgan fingerprint density at radius 3 is 2.50 bits per heavy atom. The van der Waals surface area contributed by atoms with E-state index in [9.17, 15) is 24.1 Å². The van der Waals surface area contributed by atoms with Gasteiger partial charge >= 0.3 is 0 Å². The zero-order valence-electron chi connectivity index (χ0n) is 14.7. The molecule has 7 heteroatoms. The van der Waals surface area contributed by atoms with Crippen LogP contribution >= 0.6 is 11.3 Å². The quantitative estimate of drug-likeness (QED) is 0.687. The largest absolute Gasteiger partial charge is 0.273 e. The summed E-state index contributed by atoms with van der Waals surface area (Å²) in [6, 6.07) is 14.2.